The molecule has 0 atom stereocenters. The minimum atomic E-state index is -3.85. The van der Waals surface area contributed by atoms with Gasteiger partial charge in [-0.25, -0.2) is 8.42 Å². The molecule has 0 aliphatic carbocycles. The van der Waals surface area contributed by atoms with E-state index in [1.54, 1.807) is 62.6 Å². The van der Waals surface area contributed by atoms with Crippen molar-refractivity contribution >= 4 is 27.3 Å². The predicted molar refractivity (Wildman–Crippen MR) is 136 cm³/mol. The summed E-state index contributed by atoms with van der Waals surface area (Å²) in [4.78, 5) is 12.6. The molecule has 0 spiro atoms. The lowest BCUT2D eigenvalue weighted by molar-refractivity contribution is -0.116. The summed E-state index contributed by atoms with van der Waals surface area (Å²) in [6, 6.07) is 20.5. The minimum Gasteiger partial charge on any atom is -0.497 e. The fraction of sp³-hybridized carbons (Fsp3) is 0.269. The molecule has 0 unspecified atom stereocenters. The molecule has 1 N–H and O–H groups in total. The number of carbonyl (C=O) groups is 1. The summed E-state index contributed by atoms with van der Waals surface area (Å²) in [5.41, 5.74) is 0.854. The number of nitrogens with one attached hydrogen (secondary N) is 1. The molecule has 0 bridgehead atoms. The number of rotatable bonds is 12. The van der Waals surface area contributed by atoms with E-state index in [1.165, 1.54) is 29.6 Å². The van der Waals surface area contributed by atoms with E-state index < -0.39 is 10.0 Å². The Morgan fingerprint density at radius 3 is 2.23 bits per heavy atom. The molecule has 0 saturated carbocycles. The summed E-state index contributed by atoms with van der Waals surface area (Å²) >= 11 is 0. The first kappa shape index (κ1) is 25.9. The molecule has 8 nitrogen and oxygen atoms in total. The Bertz CT molecular complexity index is 1210. The maximum Gasteiger partial charge on any atom is 0.264 e. The number of ether oxygens (including phenoxy) is 3. The summed E-state index contributed by atoms with van der Waals surface area (Å²) in [5.74, 6) is 1.52. The normalized spacial score (nSPS) is 10.9. The molecule has 0 aromatic heterocycles. The number of sulfonamides is 1. The molecule has 3 rings (SSSR count). The van der Waals surface area contributed by atoms with E-state index >= 15 is 0 Å². The molecule has 186 valence electrons. The van der Waals surface area contributed by atoms with Crippen molar-refractivity contribution in [3.63, 3.8) is 0 Å². The first-order valence-electron chi connectivity index (χ1n) is 11.2. The van der Waals surface area contributed by atoms with Crippen molar-refractivity contribution in [1.29, 1.82) is 0 Å². The van der Waals surface area contributed by atoms with Crippen molar-refractivity contribution in [1.82, 2.24) is 0 Å². The summed E-state index contributed by atoms with van der Waals surface area (Å²) in [6.07, 6.45) is 0.678. The lowest BCUT2D eigenvalue weighted by Crippen LogP contribution is -2.30. The molecule has 0 heterocycles. The zero-order valence-corrected chi connectivity index (χ0v) is 20.9. The number of anilines is 2. The quantitative estimate of drug-likeness (QED) is 0.363. The summed E-state index contributed by atoms with van der Waals surface area (Å²) in [6.45, 7) is 2.38. The number of para-hydroxylation sites is 1. The lowest BCUT2D eigenvalue weighted by Gasteiger charge is -2.23. The van der Waals surface area contributed by atoms with Gasteiger partial charge in [-0.1, -0.05) is 18.2 Å². The number of methoxy groups -OCH3 is 2. The Balaban J connectivity index is 1.66. The third-order valence-electron chi connectivity index (χ3n) is 5.24. The second-order valence-corrected chi connectivity index (χ2v) is 9.41. The Morgan fingerprint density at radius 1 is 0.914 bits per heavy atom. The van der Waals surface area contributed by atoms with E-state index in [-0.39, 0.29) is 23.8 Å². The molecule has 0 saturated heterocycles. The van der Waals surface area contributed by atoms with Crippen LogP contribution < -0.4 is 23.8 Å². The molecule has 0 aliphatic heterocycles. The van der Waals surface area contributed by atoms with E-state index in [4.69, 9.17) is 14.2 Å². The van der Waals surface area contributed by atoms with Crippen LogP contribution in [0.2, 0.25) is 0 Å². The molecule has 1 amide bonds. The van der Waals surface area contributed by atoms with E-state index in [0.29, 0.717) is 35.9 Å². The molecule has 3 aromatic carbocycles. The largest absolute Gasteiger partial charge is 0.497 e. The zero-order chi connectivity index (χ0) is 25.3. The van der Waals surface area contributed by atoms with Crippen molar-refractivity contribution in [2.75, 3.05) is 37.0 Å². The van der Waals surface area contributed by atoms with Gasteiger partial charge in [0.05, 0.1) is 37.1 Å². The monoisotopic (exact) mass is 498 g/mol. The van der Waals surface area contributed by atoms with Crippen molar-refractivity contribution in [2.45, 2.75) is 24.7 Å². The Hall–Kier alpha value is -3.72. The van der Waals surface area contributed by atoms with E-state index in [2.05, 4.69) is 5.32 Å². The highest BCUT2D eigenvalue weighted by Gasteiger charge is 2.25. The molecular formula is C26H30N2O6S. The Morgan fingerprint density at radius 2 is 1.60 bits per heavy atom. The number of benzene rings is 3. The first-order chi connectivity index (χ1) is 16.9. The second kappa shape index (κ2) is 12.1. The second-order valence-electron chi connectivity index (χ2n) is 7.54. The minimum absolute atomic E-state index is 0.0575. The van der Waals surface area contributed by atoms with Crippen LogP contribution in [0.5, 0.6) is 17.2 Å². The number of carbonyl (C=O) groups excluding carboxylic acids is 1. The van der Waals surface area contributed by atoms with Gasteiger partial charge in [-0.05, 0) is 67.9 Å². The van der Waals surface area contributed by atoms with Gasteiger partial charge in [0.1, 0.15) is 17.2 Å². The zero-order valence-electron chi connectivity index (χ0n) is 20.1. The summed E-state index contributed by atoms with van der Waals surface area (Å²) < 4.78 is 44.1. The molecular weight excluding hydrogens is 468 g/mol. The van der Waals surface area contributed by atoms with Gasteiger partial charge in [-0.15, -0.1) is 0 Å². The van der Waals surface area contributed by atoms with Gasteiger partial charge in [0.2, 0.25) is 5.91 Å². The number of nitrogens with zero attached hydrogens (tertiary/aromatic N) is 1. The summed E-state index contributed by atoms with van der Waals surface area (Å²) in [7, 11) is -0.789. The van der Waals surface area contributed by atoms with Crippen LogP contribution in [0.1, 0.15) is 19.8 Å². The maximum absolute atomic E-state index is 13.3. The Kier molecular flexibility index (Phi) is 8.97. The van der Waals surface area contributed by atoms with Crippen LogP contribution in [-0.4, -0.2) is 41.7 Å². The Labute approximate surface area is 206 Å². The van der Waals surface area contributed by atoms with Crippen molar-refractivity contribution < 1.29 is 27.4 Å². The smallest absolute Gasteiger partial charge is 0.264 e. The van der Waals surface area contributed by atoms with E-state index in [9.17, 15) is 13.2 Å². The van der Waals surface area contributed by atoms with E-state index in [0.717, 1.165) is 5.75 Å². The number of amides is 1. The van der Waals surface area contributed by atoms with E-state index in [1.807, 2.05) is 6.07 Å². The predicted octanol–water partition coefficient (Wildman–Crippen LogP) is 4.72. The van der Waals surface area contributed by atoms with Crippen molar-refractivity contribution in [3.8, 4) is 17.2 Å². The topological polar surface area (TPSA) is 94.2 Å². The van der Waals surface area contributed by atoms with Gasteiger partial charge >= 0.3 is 0 Å². The lowest BCUT2D eigenvalue weighted by atomic mass is 10.2. The standard InChI is InChI=1S/C26H30N2O6S/c1-4-28(20-9-6-5-7-10-20)35(30,31)23-16-17-25(33-3)24(19-23)27-26(29)11-8-18-34-22-14-12-21(32-2)13-15-22/h5-7,9-10,12-17,19H,4,8,11,18H2,1-3H3,(H,27,29). The highest BCUT2D eigenvalue weighted by atomic mass is 32.2. The molecule has 0 radical (unpaired) electrons. The van der Waals surface area contributed by atoms with Gasteiger partial charge in [-0.3, -0.25) is 9.10 Å². The average molecular weight is 499 g/mol. The van der Waals surface area contributed by atoms with Crippen LogP contribution in [-0.2, 0) is 14.8 Å². The maximum atomic E-state index is 13.3. The third kappa shape index (κ3) is 6.66. The van der Waals surface area contributed by atoms with Crippen LogP contribution in [0, 0.1) is 0 Å². The van der Waals surface area contributed by atoms with Gasteiger partial charge in [0.25, 0.3) is 10.0 Å². The molecule has 0 aliphatic rings. The van der Waals surface area contributed by atoms with Crippen LogP contribution in [0.4, 0.5) is 11.4 Å². The fourth-order valence-corrected chi connectivity index (χ4v) is 4.97. The van der Waals surface area contributed by atoms with Crippen LogP contribution in [0.3, 0.4) is 0 Å². The SMILES string of the molecule is CCN(c1ccccc1)S(=O)(=O)c1ccc(OC)c(NC(=O)CCCOc2ccc(OC)cc2)c1. The number of hydrogen-bond acceptors (Lipinski definition) is 6. The molecule has 9 heteroatoms. The highest BCUT2D eigenvalue weighted by molar-refractivity contribution is 7.92. The first-order valence-corrected chi connectivity index (χ1v) is 12.7. The molecule has 0 fully saturated rings. The van der Waals surface area contributed by atoms with Gasteiger partial charge < -0.3 is 19.5 Å². The number of hydrogen-bond donors (Lipinski definition) is 1. The van der Waals surface area contributed by atoms with Crippen molar-refractivity contribution in [3.05, 3.63) is 72.8 Å². The summed E-state index contributed by atoms with van der Waals surface area (Å²) in [5, 5.41) is 2.77. The van der Waals surface area contributed by atoms with Crippen LogP contribution >= 0.6 is 0 Å². The highest BCUT2D eigenvalue weighted by Crippen LogP contribution is 2.31. The van der Waals surface area contributed by atoms with Gasteiger partial charge in [0.15, 0.2) is 0 Å². The molecule has 35 heavy (non-hydrogen) atoms. The van der Waals surface area contributed by atoms with Crippen LogP contribution in [0.25, 0.3) is 0 Å². The fourth-order valence-electron chi connectivity index (χ4n) is 3.47. The van der Waals surface area contributed by atoms with Crippen LogP contribution in [0.15, 0.2) is 77.7 Å². The van der Waals surface area contributed by atoms with Gasteiger partial charge in [-0.2, -0.15) is 0 Å². The van der Waals surface area contributed by atoms with Gasteiger partial charge in [0, 0.05) is 13.0 Å². The third-order valence-corrected chi connectivity index (χ3v) is 7.14. The van der Waals surface area contributed by atoms with Crippen molar-refractivity contribution in [2.24, 2.45) is 0 Å². The molecule has 3 aromatic rings. The average Bonchev–Trinajstić information content (AvgIpc) is 2.88.